The van der Waals surface area contributed by atoms with Gasteiger partial charge in [-0.15, -0.1) is 0 Å². The molecule has 0 spiro atoms. The minimum atomic E-state index is -0.833. The molecule has 7 nitrogen and oxygen atoms in total. The van der Waals surface area contributed by atoms with Crippen LogP contribution in [0.5, 0.6) is 17.2 Å². The number of ether oxygens (including phenoxy) is 3. The fourth-order valence-electron chi connectivity index (χ4n) is 4.41. The van der Waals surface area contributed by atoms with Crippen LogP contribution in [0.15, 0.2) is 72.3 Å². The maximum atomic E-state index is 13.4. The van der Waals surface area contributed by atoms with Crippen molar-refractivity contribution < 1.29 is 28.9 Å². The number of methoxy groups -OCH3 is 2. The summed E-state index contributed by atoms with van der Waals surface area (Å²) in [5.41, 5.74) is 2.72. The molecule has 4 rings (SSSR count). The van der Waals surface area contributed by atoms with Gasteiger partial charge in [-0.25, -0.2) is 0 Å². The average molecular weight is 502 g/mol. The number of anilines is 1. The SMILES string of the molecule is CCCOc1ccc(/C(O)=C2\C(=O)C(=O)N(c3ccc(OC)c(OC)c3)C2c2ccc(CC)cc2)cc1. The monoisotopic (exact) mass is 501 g/mol. The molecule has 37 heavy (non-hydrogen) atoms. The molecule has 1 N–H and O–H groups in total. The summed E-state index contributed by atoms with van der Waals surface area (Å²) in [5, 5.41) is 11.3. The second-order valence-electron chi connectivity index (χ2n) is 8.68. The molecule has 0 radical (unpaired) electrons. The van der Waals surface area contributed by atoms with Gasteiger partial charge < -0.3 is 19.3 Å². The highest BCUT2D eigenvalue weighted by Crippen LogP contribution is 2.44. The van der Waals surface area contributed by atoms with Crippen LogP contribution in [-0.4, -0.2) is 37.6 Å². The number of hydrogen-bond acceptors (Lipinski definition) is 6. The zero-order valence-electron chi connectivity index (χ0n) is 21.5. The maximum absolute atomic E-state index is 13.4. The molecule has 0 aromatic heterocycles. The third-order valence-electron chi connectivity index (χ3n) is 6.39. The Kier molecular flexibility index (Phi) is 7.82. The van der Waals surface area contributed by atoms with Crippen LogP contribution in [0.2, 0.25) is 0 Å². The van der Waals surface area contributed by atoms with Crippen molar-refractivity contribution in [3.63, 3.8) is 0 Å². The molecule has 3 aromatic rings. The van der Waals surface area contributed by atoms with Crippen LogP contribution in [-0.2, 0) is 16.0 Å². The fourth-order valence-corrected chi connectivity index (χ4v) is 4.41. The highest BCUT2D eigenvalue weighted by molar-refractivity contribution is 6.51. The summed E-state index contributed by atoms with van der Waals surface area (Å²) in [6.45, 7) is 4.65. The summed E-state index contributed by atoms with van der Waals surface area (Å²) in [7, 11) is 3.03. The number of carbonyl (C=O) groups is 2. The molecular formula is C30H31NO6. The zero-order chi connectivity index (χ0) is 26.5. The van der Waals surface area contributed by atoms with Crippen LogP contribution in [0.25, 0.3) is 5.76 Å². The Morgan fingerprint density at radius 1 is 0.892 bits per heavy atom. The summed E-state index contributed by atoms with van der Waals surface area (Å²) < 4.78 is 16.4. The number of aliphatic hydroxyl groups is 1. The van der Waals surface area contributed by atoms with E-state index in [0.717, 1.165) is 18.4 Å². The number of carbonyl (C=O) groups excluding carboxylic acids is 2. The standard InChI is InChI=1S/C30H31NO6/c1-5-17-37-23-14-11-21(12-15-23)28(32)26-27(20-9-7-19(6-2)8-10-20)31(30(34)29(26)33)22-13-16-24(35-3)25(18-22)36-4/h7-16,18,27,32H,5-6,17H2,1-4H3/b28-26+. The number of amides is 1. The number of ketones is 1. The molecule has 1 fully saturated rings. The van der Waals surface area contributed by atoms with E-state index in [4.69, 9.17) is 14.2 Å². The molecule has 1 unspecified atom stereocenters. The van der Waals surface area contributed by atoms with Crippen molar-refractivity contribution >= 4 is 23.1 Å². The molecule has 0 saturated carbocycles. The third kappa shape index (κ3) is 5.03. The Balaban J connectivity index is 1.86. The van der Waals surface area contributed by atoms with Gasteiger partial charge in [0.2, 0.25) is 0 Å². The van der Waals surface area contributed by atoms with E-state index in [-0.39, 0.29) is 11.3 Å². The van der Waals surface area contributed by atoms with Gasteiger partial charge in [-0.2, -0.15) is 0 Å². The van der Waals surface area contributed by atoms with Gasteiger partial charge in [0.1, 0.15) is 11.5 Å². The average Bonchev–Trinajstić information content (AvgIpc) is 3.21. The van der Waals surface area contributed by atoms with Crippen LogP contribution in [0, 0.1) is 0 Å². The molecule has 1 aliphatic heterocycles. The first-order chi connectivity index (χ1) is 17.9. The first kappa shape index (κ1) is 25.8. The number of rotatable bonds is 9. The number of benzene rings is 3. The number of aryl methyl sites for hydroxylation is 1. The lowest BCUT2D eigenvalue weighted by molar-refractivity contribution is -0.132. The number of nitrogens with zero attached hydrogens (tertiary/aromatic N) is 1. The Morgan fingerprint density at radius 2 is 1.57 bits per heavy atom. The Morgan fingerprint density at radius 3 is 2.16 bits per heavy atom. The predicted molar refractivity (Wildman–Crippen MR) is 142 cm³/mol. The number of hydrogen-bond donors (Lipinski definition) is 1. The van der Waals surface area contributed by atoms with Crippen molar-refractivity contribution in [3.8, 4) is 17.2 Å². The van der Waals surface area contributed by atoms with E-state index in [9.17, 15) is 14.7 Å². The van der Waals surface area contributed by atoms with E-state index in [0.29, 0.717) is 40.7 Å². The van der Waals surface area contributed by atoms with Crippen molar-refractivity contribution in [2.24, 2.45) is 0 Å². The zero-order valence-corrected chi connectivity index (χ0v) is 21.5. The van der Waals surface area contributed by atoms with Gasteiger partial charge in [-0.3, -0.25) is 14.5 Å². The van der Waals surface area contributed by atoms with Gasteiger partial charge >= 0.3 is 0 Å². The van der Waals surface area contributed by atoms with E-state index >= 15 is 0 Å². The van der Waals surface area contributed by atoms with Crippen LogP contribution < -0.4 is 19.1 Å². The lowest BCUT2D eigenvalue weighted by atomic mass is 9.94. The van der Waals surface area contributed by atoms with E-state index in [2.05, 4.69) is 6.92 Å². The lowest BCUT2D eigenvalue weighted by Crippen LogP contribution is -2.29. The van der Waals surface area contributed by atoms with Crippen LogP contribution in [0.1, 0.15) is 43.0 Å². The highest BCUT2D eigenvalue weighted by Gasteiger charge is 2.47. The lowest BCUT2D eigenvalue weighted by Gasteiger charge is -2.26. The molecule has 1 amide bonds. The van der Waals surface area contributed by atoms with Crippen molar-refractivity contribution in [1.29, 1.82) is 0 Å². The van der Waals surface area contributed by atoms with E-state index in [1.165, 1.54) is 19.1 Å². The van der Waals surface area contributed by atoms with Crippen molar-refractivity contribution in [2.75, 3.05) is 25.7 Å². The summed E-state index contributed by atoms with van der Waals surface area (Å²) in [6.07, 6.45) is 1.72. The first-order valence-corrected chi connectivity index (χ1v) is 12.3. The minimum Gasteiger partial charge on any atom is -0.507 e. The van der Waals surface area contributed by atoms with Crippen molar-refractivity contribution in [3.05, 3.63) is 89.0 Å². The van der Waals surface area contributed by atoms with Gasteiger partial charge in [0, 0.05) is 17.3 Å². The molecular weight excluding hydrogens is 470 g/mol. The second kappa shape index (κ2) is 11.2. The second-order valence-corrected chi connectivity index (χ2v) is 8.68. The van der Waals surface area contributed by atoms with E-state index < -0.39 is 17.7 Å². The fraction of sp³-hybridized carbons (Fsp3) is 0.267. The highest BCUT2D eigenvalue weighted by atomic mass is 16.5. The van der Waals surface area contributed by atoms with Crippen LogP contribution >= 0.6 is 0 Å². The minimum absolute atomic E-state index is 0.0197. The van der Waals surface area contributed by atoms with Gasteiger partial charge in [0.15, 0.2) is 11.5 Å². The molecule has 7 heteroatoms. The van der Waals surface area contributed by atoms with Crippen molar-refractivity contribution in [2.45, 2.75) is 32.7 Å². The van der Waals surface area contributed by atoms with E-state index in [1.807, 2.05) is 31.2 Å². The Hall–Kier alpha value is -4.26. The third-order valence-corrected chi connectivity index (χ3v) is 6.39. The Bertz CT molecular complexity index is 1310. The molecule has 1 aliphatic rings. The Labute approximate surface area is 216 Å². The summed E-state index contributed by atoms with van der Waals surface area (Å²) in [5.74, 6) is -0.157. The summed E-state index contributed by atoms with van der Waals surface area (Å²) in [4.78, 5) is 28.2. The van der Waals surface area contributed by atoms with Gasteiger partial charge in [0.05, 0.1) is 32.4 Å². The number of Topliss-reactive ketones (excluding diaryl/α,β-unsaturated/α-hetero) is 1. The summed E-state index contributed by atoms with van der Waals surface area (Å²) >= 11 is 0. The molecule has 3 aromatic carbocycles. The topological polar surface area (TPSA) is 85.3 Å². The largest absolute Gasteiger partial charge is 0.507 e. The van der Waals surface area contributed by atoms with Gasteiger partial charge in [0.25, 0.3) is 11.7 Å². The van der Waals surface area contributed by atoms with Crippen LogP contribution in [0.4, 0.5) is 5.69 Å². The normalized spacial score (nSPS) is 16.6. The van der Waals surface area contributed by atoms with Gasteiger partial charge in [-0.05, 0) is 60.4 Å². The first-order valence-electron chi connectivity index (χ1n) is 12.3. The van der Waals surface area contributed by atoms with Crippen molar-refractivity contribution in [1.82, 2.24) is 0 Å². The molecule has 0 bridgehead atoms. The smallest absolute Gasteiger partial charge is 0.300 e. The van der Waals surface area contributed by atoms with Gasteiger partial charge in [-0.1, -0.05) is 38.1 Å². The quantitative estimate of drug-likeness (QED) is 0.231. The molecule has 192 valence electrons. The van der Waals surface area contributed by atoms with E-state index in [1.54, 1.807) is 42.5 Å². The number of aliphatic hydroxyl groups excluding tert-OH is 1. The summed E-state index contributed by atoms with van der Waals surface area (Å²) in [6, 6.07) is 18.7. The molecule has 1 atom stereocenters. The molecule has 1 heterocycles. The van der Waals surface area contributed by atoms with Crippen LogP contribution in [0.3, 0.4) is 0 Å². The molecule has 1 saturated heterocycles. The maximum Gasteiger partial charge on any atom is 0.300 e. The molecule has 0 aliphatic carbocycles. The predicted octanol–water partition coefficient (Wildman–Crippen LogP) is 5.68.